The van der Waals surface area contributed by atoms with E-state index in [2.05, 4.69) is 5.32 Å². The number of nitrogens with one attached hydrogen (secondary N) is 1. The zero-order valence-corrected chi connectivity index (χ0v) is 16.3. The summed E-state index contributed by atoms with van der Waals surface area (Å²) in [5.41, 5.74) is 0.513. The van der Waals surface area contributed by atoms with E-state index in [1.807, 2.05) is 30.9 Å². The number of anilines is 1. The summed E-state index contributed by atoms with van der Waals surface area (Å²) in [4.78, 5) is 15.6. The van der Waals surface area contributed by atoms with Gasteiger partial charge in [-0.05, 0) is 49.9 Å². The number of amides is 1. The van der Waals surface area contributed by atoms with Crippen molar-refractivity contribution in [1.29, 1.82) is 0 Å². The molecule has 0 saturated heterocycles. The molecule has 1 amide bonds. The first kappa shape index (κ1) is 19.9. The lowest BCUT2D eigenvalue weighted by Crippen LogP contribution is -2.41. The molecule has 0 saturated carbocycles. The van der Waals surface area contributed by atoms with Crippen molar-refractivity contribution in [2.24, 2.45) is 5.14 Å². The Labute approximate surface area is 156 Å². The molecule has 1 heterocycles. The molecule has 136 valence electrons. The largest absolute Gasteiger partial charge is 0.325 e. The van der Waals surface area contributed by atoms with E-state index in [1.54, 1.807) is 0 Å². The van der Waals surface area contributed by atoms with Crippen molar-refractivity contribution in [3.05, 3.63) is 45.6 Å². The number of hydrogen-bond acceptors (Lipinski definition) is 5. The highest BCUT2D eigenvalue weighted by atomic mass is 35.5. The number of primary sulfonamides is 1. The third-order valence-electron chi connectivity index (χ3n) is 3.77. The van der Waals surface area contributed by atoms with Gasteiger partial charge in [-0.1, -0.05) is 18.5 Å². The van der Waals surface area contributed by atoms with Gasteiger partial charge in [0.15, 0.2) is 0 Å². The van der Waals surface area contributed by atoms with Gasteiger partial charge in [0, 0.05) is 17.1 Å². The number of rotatable bonds is 7. The second-order valence-electron chi connectivity index (χ2n) is 5.50. The number of halogens is 1. The number of benzene rings is 1. The maximum absolute atomic E-state index is 12.5. The lowest BCUT2D eigenvalue weighted by atomic mass is 10.2. The SMILES string of the molecule is CCN(Cc1ccc(Cl)s1)C(C)C(=O)Nc1ccc(S(N)(=O)=O)cc1. The van der Waals surface area contributed by atoms with E-state index < -0.39 is 10.0 Å². The minimum atomic E-state index is -3.74. The highest BCUT2D eigenvalue weighted by molar-refractivity contribution is 7.89. The average molecular weight is 402 g/mol. The van der Waals surface area contributed by atoms with Gasteiger partial charge in [0.2, 0.25) is 15.9 Å². The smallest absolute Gasteiger partial charge is 0.241 e. The number of likely N-dealkylation sites (N-methyl/N-ethyl adjacent to an activating group) is 1. The average Bonchev–Trinajstić information content (AvgIpc) is 2.96. The Balaban J connectivity index is 2.02. The summed E-state index contributed by atoms with van der Waals surface area (Å²) >= 11 is 7.44. The molecule has 0 fully saturated rings. The van der Waals surface area contributed by atoms with E-state index in [9.17, 15) is 13.2 Å². The van der Waals surface area contributed by atoms with Crippen molar-refractivity contribution in [2.75, 3.05) is 11.9 Å². The van der Waals surface area contributed by atoms with E-state index in [-0.39, 0.29) is 16.8 Å². The first-order chi connectivity index (χ1) is 11.7. The predicted molar refractivity (Wildman–Crippen MR) is 101 cm³/mol. The maximum atomic E-state index is 12.5. The zero-order valence-electron chi connectivity index (χ0n) is 13.9. The number of sulfonamides is 1. The van der Waals surface area contributed by atoms with Crippen LogP contribution in [-0.2, 0) is 21.4 Å². The minimum Gasteiger partial charge on any atom is -0.325 e. The molecule has 0 aliphatic rings. The molecule has 1 atom stereocenters. The molecular formula is C16H20ClN3O3S2. The molecule has 25 heavy (non-hydrogen) atoms. The van der Waals surface area contributed by atoms with Gasteiger partial charge >= 0.3 is 0 Å². The Morgan fingerprint density at radius 1 is 1.28 bits per heavy atom. The van der Waals surface area contributed by atoms with Gasteiger partial charge in [-0.2, -0.15) is 0 Å². The van der Waals surface area contributed by atoms with Gasteiger partial charge in [0.05, 0.1) is 15.3 Å². The molecule has 0 aliphatic heterocycles. The first-order valence-corrected chi connectivity index (χ1v) is 10.4. The van der Waals surface area contributed by atoms with Crippen LogP contribution in [0.2, 0.25) is 4.34 Å². The standard InChI is InChI=1S/C16H20ClN3O3S2/c1-3-20(10-13-6-9-15(17)24-13)11(2)16(21)19-12-4-7-14(8-5-12)25(18,22)23/h4-9,11H,3,10H2,1-2H3,(H,19,21)(H2,18,22,23). The fourth-order valence-electron chi connectivity index (χ4n) is 2.30. The van der Waals surface area contributed by atoms with Crippen LogP contribution in [0.15, 0.2) is 41.3 Å². The summed E-state index contributed by atoms with van der Waals surface area (Å²) < 4.78 is 23.2. The van der Waals surface area contributed by atoms with Crippen LogP contribution in [0.5, 0.6) is 0 Å². The van der Waals surface area contributed by atoms with Crippen molar-refractivity contribution < 1.29 is 13.2 Å². The van der Waals surface area contributed by atoms with E-state index in [1.165, 1.54) is 35.6 Å². The topological polar surface area (TPSA) is 92.5 Å². The highest BCUT2D eigenvalue weighted by Gasteiger charge is 2.21. The zero-order chi connectivity index (χ0) is 18.6. The van der Waals surface area contributed by atoms with Crippen molar-refractivity contribution in [3.63, 3.8) is 0 Å². The van der Waals surface area contributed by atoms with Gasteiger partial charge in [0.25, 0.3) is 0 Å². The van der Waals surface area contributed by atoms with Gasteiger partial charge in [-0.15, -0.1) is 11.3 Å². The molecule has 1 unspecified atom stereocenters. The molecule has 0 spiro atoms. The predicted octanol–water partition coefficient (Wildman–Crippen LogP) is 2.90. The van der Waals surface area contributed by atoms with Crippen LogP contribution in [0, 0.1) is 0 Å². The van der Waals surface area contributed by atoms with Crippen LogP contribution in [0.25, 0.3) is 0 Å². The number of nitrogens with two attached hydrogens (primary N) is 1. The van der Waals surface area contributed by atoms with Crippen LogP contribution in [0.4, 0.5) is 5.69 Å². The van der Waals surface area contributed by atoms with Crippen LogP contribution < -0.4 is 10.5 Å². The summed E-state index contributed by atoms with van der Waals surface area (Å²) in [6.45, 7) is 5.15. The quantitative estimate of drug-likeness (QED) is 0.746. The molecule has 9 heteroatoms. The van der Waals surface area contributed by atoms with Gasteiger partial charge < -0.3 is 5.32 Å². The van der Waals surface area contributed by atoms with Gasteiger partial charge in [0.1, 0.15) is 0 Å². The number of carbonyl (C=O) groups excluding carboxylic acids is 1. The normalized spacial score (nSPS) is 13.0. The Morgan fingerprint density at radius 2 is 1.92 bits per heavy atom. The van der Waals surface area contributed by atoms with Crippen LogP contribution in [0.3, 0.4) is 0 Å². The molecule has 0 radical (unpaired) electrons. The monoisotopic (exact) mass is 401 g/mol. The lowest BCUT2D eigenvalue weighted by molar-refractivity contribution is -0.120. The van der Waals surface area contributed by atoms with Gasteiger partial charge in [-0.3, -0.25) is 9.69 Å². The summed E-state index contributed by atoms with van der Waals surface area (Å²) in [7, 11) is -3.74. The summed E-state index contributed by atoms with van der Waals surface area (Å²) in [6.07, 6.45) is 0. The first-order valence-electron chi connectivity index (χ1n) is 7.62. The summed E-state index contributed by atoms with van der Waals surface area (Å²) in [5, 5.41) is 7.85. The second-order valence-corrected chi connectivity index (χ2v) is 8.86. The maximum Gasteiger partial charge on any atom is 0.241 e. The number of hydrogen-bond donors (Lipinski definition) is 2. The van der Waals surface area contributed by atoms with Crippen LogP contribution >= 0.6 is 22.9 Å². The van der Waals surface area contributed by atoms with Crippen molar-refractivity contribution in [3.8, 4) is 0 Å². The molecule has 2 rings (SSSR count). The fourth-order valence-corrected chi connectivity index (χ4v) is 3.93. The van der Waals surface area contributed by atoms with E-state index >= 15 is 0 Å². The third-order valence-corrected chi connectivity index (χ3v) is 5.92. The molecule has 6 nitrogen and oxygen atoms in total. The fraction of sp³-hybridized carbons (Fsp3) is 0.312. The molecular weight excluding hydrogens is 382 g/mol. The Kier molecular flexibility index (Phi) is 6.59. The molecule has 1 aromatic heterocycles. The van der Waals surface area contributed by atoms with Crippen LogP contribution in [0.1, 0.15) is 18.7 Å². The van der Waals surface area contributed by atoms with Gasteiger partial charge in [-0.25, -0.2) is 13.6 Å². The van der Waals surface area contributed by atoms with Crippen LogP contribution in [-0.4, -0.2) is 31.8 Å². The van der Waals surface area contributed by atoms with E-state index in [0.29, 0.717) is 18.8 Å². The third kappa shape index (κ3) is 5.52. The van der Waals surface area contributed by atoms with Crippen molar-refractivity contribution >= 4 is 44.6 Å². The van der Waals surface area contributed by atoms with E-state index in [4.69, 9.17) is 16.7 Å². The molecule has 2 aromatic rings. The van der Waals surface area contributed by atoms with E-state index in [0.717, 1.165) is 9.21 Å². The molecule has 3 N–H and O–H groups in total. The Morgan fingerprint density at radius 3 is 2.40 bits per heavy atom. The second kappa shape index (κ2) is 8.29. The Bertz CT molecular complexity index is 835. The number of nitrogens with zero attached hydrogens (tertiary/aromatic N) is 1. The summed E-state index contributed by atoms with van der Waals surface area (Å²) in [5.74, 6) is -0.173. The number of carbonyl (C=O) groups is 1. The number of thiophene rings is 1. The van der Waals surface area contributed by atoms with Crippen molar-refractivity contribution in [2.45, 2.75) is 31.3 Å². The molecule has 0 aliphatic carbocycles. The highest BCUT2D eigenvalue weighted by Crippen LogP contribution is 2.23. The molecule has 1 aromatic carbocycles. The van der Waals surface area contributed by atoms with Crippen molar-refractivity contribution in [1.82, 2.24) is 4.90 Å². The summed E-state index contributed by atoms with van der Waals surface area (Å²) in [6, 6.07) is 9.18. The minimum absolute atomic E-state index is 0.00306. The molecule has 0 bridgehead atoms. The lowest BCUT2D eigenvalue weighted by Gasteiger charge is -2.26. The Hall–Kier alpha value is -1.45.